The third kappa shape index (κ3) is 3.48. The molecule has 0 N–H and O–H groups in total. The van der Waals surface area contributed by atoms with Crippen molar-refractivity contribution in [2.45, 2.75) is 20.0 Å². The largest absolute Gasteiger partial charge is 0.496 e. The van der Waals surface area contributed by atoms with Crippen molar-refractivity contribution in [1.82, 2.24) is 4.98 Å². The van der Waals surface area contributed by atoms with Gasteiger partial charge in [0.05, 0.1) is 18.7 Å². The number of hydrogen-bond acceptors (Lipinski definition) is 5. The van der Waals surface area contributed by atoms with Crippen LogP contribution in [0.3, 0.4) is 0 Å². The van der Waals surface area contributed by atoms with Crippen molar-refractivity contribution in [3.63, 3.8) is 0 Å². The second kappa shape index (κ2) is 7.10. The van der Waals surface area contributed by atoms with Crippen LogP contribution in [-0.2, 0) is 0 Å². The van der Waals surface area contributed by atoms with Gasteiger partial charge in [0.25, 0.3) is 0 Å². The average Bonchev–Trinajstić information content (AvgIpc) is 3.04. The summed E-state index contributed by atoms with van der Waals surface area (Å²) in [5, 5.41) is 11.3. The fourth-order valence-corrected chi connectivity index (χ4v) is 2.50. The quantitative estimate of drug-likeness (QED) is 0.557. The third-order valence-corrected chi connectivity index (χ3v) is 3.98. The fraction of sp³-hybridized carbons (Fsp3) is 0.200. The standard InChI is InChI=1S/C13H12N2O2.C7H6O/c1-9-13(15-8-16-9)10(2)17-12-5-3-11(7-14)4-6-12;1-8-7-4-5-2-3-6(5)7/h3-6,8,10H,1-2H3;2-4H,1H3. The minimum atomic E-state index is -0.179. The highest BCUT2D eigenvalue weighted by atomic mass is 16.5. The molecule has 2 aliphatic carbocycles. The molecule has 0 fully saturated rings. The summed E-state index contributed by atoms with van der Waals surface area (Å²) >= 11 is 0. The molecule has 1 atom stereocenters. The lowest BCUT2D eigenvalue weighted by Gasteiger charge is -2.12. The van der Waals surface area contributed by atoms with E-state index < -0.39 is 0 Å². The van der Waals surface area contributed by atoms with Crippen molar-refractivity contribution in [1.29, 1.82) is 5.26 Å². The van der Waals surface area contributed by atoms with E-state index in [4.69, 9.17) is 19.2 Å². The second-order valence-electron chi connectivity index (χ2n) is 5.61. The van der Waals surface area contributed by atoms with Gasteiger partial charge in [0, 0.05) is 5.22 Å². The van der Waals surface area contributed by atoms with Crippen molar-refractivity contribution >= 4 is 0 Å². The molecule has 5 nitrogen and oxygen atoms in total. The van der Waals surface area contributed by atoms with E-state index >= 15 is 0 Å². The van der Waals surface area contributed by atoms with Crippen LogP contribution in [0.4, 0.5) is 0 Å². The topological polar surface area (TPSA) is 68.3 Å². The Balaban J connectivity index is 0.000000188. The zero-order chi connectivity index (χ0) is 17.8. The van der Waals surface area contributed by atoms with Gasteiger partial charge < -0.3 is 13.9 Å². The third-order valence-electron chi connectivity index (χ3n) is 3.98. The first kappa shape index (κ1) is 16.6. The minimum absolute atomic E-state index is 0.179. The maximum atomic E-state index is 8.68. The molecule has 0 radical (unpaired) electrons. The highest BCUT2D eigenvalue weighted by Gasteiger charge is 2.14. The van der Waals surface area contributed by atoms with Gasteiger partial charge in [0.1, 0.15) is 29.1 Å². The summed E-state index contributed by atoms with van der Waals surface area (Å²) < 4.78 is 15.8. The lowest BCUT2D eigenvalue weighted by Crippen LogP contribution is -2.04. The number of aromatic nitrogens is 1. The van der Waals surface area contributed by atoms with Crippen molar-refractivity contribution in [2.24, 2.45) is 0 Å². The Morgan fingerprint density at radius 3 is 2.32 bits per heavy atom. The monoisotopic (exact) mass is 334 g/mol. The lowest BCUT2D eigenvalue weighted by atomic mass is 10.1. The number of hydrogen-bond donors (Lipinski definition) is 0. The Kier molecular flexibility index (Phi) is 4.71. The molecule has 4 rings (SSSR count). The van der Waals surface area contributed by atoms with Crippen LogP contribution in [0.1, 0.15) is 30.0 Å². The molecular formula is C20H18N2O3. The van der Waals surface area contributed by atoms with E-state index in [1.807, 2.05) is 19.9 Å². The van der Waals surface area contributed by atoms with E-state index in [1.54, 1.807) is 31.4 Å². The van der Waals surface area contributed by atoms with Gasteiger partial charge >= 0.3 is 0 Å². The zero-order valence-corrected chi connectivity index (χ0v) is 14.3. The number of oxazole rings is 1. The normalized spacial score (nSPS) is 11.6. The molecule has 1 heterocycles. The molecule has 2 aromatic rings. The molecule has 5 heteroatoms. The first-order chi connectivity index (χ1) is 12.1. The molecule has 0 aliphatic heterocycles. The molecule has 0 bridgehead atoms. The molecule has 1 aromatic carbocycles. The average molecular weight is 334 g/mol. The van der Waals surface area contributed by atoms with E-state index in [2.05, 4.69) is 23.2 Å². The summed E-state index contributed by atoms with van der Waals surface area (Å²) in [7, 11) is 1.70. The molecular weight excluding hydrogens is 316 g/mol. The van der Waals surface area contributed by atoms with Crippen LogP contribution < -0.4 is 9.47 Å². The smallest absolute Gasteiger partial charge is 0.181 e. The summed E-state index contributed by atoms with van der Waals surface area (Å²) in [6.45, 7) is 3.75. The van der Waals surface area contributed by atoms with E-state index in [0.717, 1.165) is 17.2 Å². The Hall–Kier alpha value is -3.26. The molecule has 25 heavy (non-hydrogen) atoms. The second-order valence-corrected chi connectivity index (χ2v) is 5.61. The van der Waals surface area contributed by atoms with Gasteiger partial charge in [-0.25, -0.2) is 4.98 Å². The van der Waals surface area contributed by atoms with Gasteiger partial charge in [0.2, 0.25) is 0 Å². The van der Waals surface area contributed by atoms with Crippen LogP contribution in [0.2, 0.25) is 0 Å². The summed E-state index contributed by atoms with van der Waals surface area (Å²) in [4.78, 5) is 4.10. The predicted molar refractivity (Wildman–Crippen MR) is 92.1 cm³/mol. The van der Waals surface area contributed by atoms with Crippen LogP contribution in [0.5, 0.6) is 11.5 Å². The minimum Gasteiger partial charge on any atom is -0.496 e. The Morgan fingerprint density at radius 2 is 1.92 bits per heavy atom. The number of methoxy groups -OCH3 is 1. The van der Waals surface area contributed by atoms with Gasteiger partial charge in [-0.3, -0.25) is 0 Å². The van der Waals surface area contributed by atoms with E-state index in [9.17, 15) is 0 Å². The Morgan fingerprint density at radius 1 is 1.16 bits per heavy atom. The van der Waals surface area contributed by atoms with E-state index in [-0.39, 0.29) is 6.10 Å². The Labute approximate surface area is 145 Å². The van der Waals surface area contributed by atoms with Crippen LogP contribution in [0.25, 0.3) is 0 Å². The van der Waals surface area contributed by atoms with Crippen LogP contribution >= 0.6 is 0 Å². The number of nitriles is 1. The fourth-order valence-electron chi connectivity index (χ4n) is 2.50. The highest BCUT2D eigenvalue weighted by Crippen LogP contribution is 2.23. The maximum Gasteiger partial charge on any atom is 0.181 e. The molecule has 1 unspecified atom stereocenters. The number of aryl methyl sites for hydroxylation is 1. The molecule has 0 saturated carbocycles. The molecule has 1 aromatic heterocycles. The SMILES string of the molecule is COc1cc2ccc1=2.Cc1ocnc1C(C)Oc1ccc(C#N)cc1. The summed E-state index contributed by atoms with van der Waals surface area (Å²) in [6, 6.07) is 15.2. The number of rotatable bonds is 4. The molecule has 2 aliphatic rings. The van der Waals surface area contributed by atoms with Crippen LogP contribution in [0, 0.1) is 28.7 Å². The Bertz CT molecular complexity index is 1000. The van der Waals surface area contributed by atoms with Gasteiger partial charge in [-0.1, -0.05) is 12.1 Å². The van der Waals surface area contributed by atoms with Crippen LogP contribution in [0.15, 0.2) is 53.3 Å². The summed E-state index contributed by atoms with van der Waals surface area (Å²) in [6.07, 6.45) is 1.23. The predicted octanol–water partition coefficient (Wildman–Crippen LogP) is 4.29. The first-order valence-electron chi connectivity index (χ1n) is 7.87. The lowest BCUT2D eigenvalue weighted by molar-refractivity contribution is 0.220. The molecule has 0 spiro atoms. The summed E-state index contributed by atoms with van der Waals surface area (Å²) in [5.41, 5.74) is 1.40. The summed E-state index contributed by atoms with van der Waals surface area (Å²) in [5.74, 6) is 2.49. The van der Waals surface area contributed by atoms with Gasteiger partial charge in [-0.2, -0.15) is 5.26 Å². The highest BCUT2D eigenvalue weighted by molar-refractivity contribution is 5.38. The number of benzene rings is 2. The maximum absolute atomic E-state index is 8.68. The number of ether oxygens (including phenoxy) is 2. The molecule has 0 amide bonds. The number of nitrogens with zero attached hydrogens (tertiary/aromatic N) is 2. The molecule has 126 valence electrons. The van der Waals surface area contributed by atoms with Crippen molar-refractivity contribution in [3.05, 3.63) is 76.3 Å². The van der Waals surface area contributed by atoms with Crippen molar-refractivity contribution in [2.75, 3.05) is 7.11 Å². The zero-order valence-electron chi connectivity index (χ0n) is 14.3. The van der Waals surface area contributed by atoms with Gasteiger partial charge in [-0.05, 0) is 49.4 Å². The van der Waals surface area contributed by atoms with Crippen molar-refractivity contribution in [3.8, 4) is 17.6 Å². The molecule has 0 saturated heterocycles. The van der Waals surface area contributed by atoms with Crippen molar-refractivity contribution < 1.29 is 13.9 Å². The first-order valence-corrected chi connectivity index (χ1v) is 7.87. The van der Waals surface area contributed by atoms with Gasteiger partial charge in [-0.15, -0.1) is 0 Å². The van der Waals surface area contributed by atoms with E-state index in [0.29, 0.717) is 11.3 Å². The van der Waals surface area contributed by atoms with E-state index in [1.165, 1.54) is 16.8 Å². The van der Waals surface area contributed by atoms with Crippen LogP contribution in [-0.4, -0.2) is 12.1 Å². The van der Waals surface area contributed by atoms with Gasteiger partial charge in [0.15, 0.2) is 6.39 Å².